The van der Waals surface area contributed by atoms with Gasteiger partial charge in [0.1, 0.15) is 5.69 Å². The molecule has 4 rings (SSSR count). The predicted molar refractivity (Wildman–Crippen MR) is 118 cm³/mol. The minimum Gasteiger partial charge on any atom is -0.379 e. The summed E-state index contributed by atoms with van der Waals surface area (Å²) in [6.07, 6.45) is 6.41. The summed E-state index contributed by atoms with van der Waals surface area (Å²) in [5.41, 5.74) is 2.09. The highest BCUT2D eigenvalue weighted by molar-refractivity contribution is 5.79. The molecule has 1 saturated heterocycles. The lowest BCUT2D eigenvalue weighted by Crippen LogP contribution is -2.60. The summed E-state index contributed by atoms with van der Waals surface area (Å²) in [5.74, 6) is 1.58. The Hall–Kier alpha value is -2.38. The molecular formula is C23H33N5O2. The molecule has 1 saturated carbocycles. The number of nitrogens with one attached hydrogen (secondary N) is 2. The van der Waals surface area contributed by atoms with Crippen LogP contribution in [0.1, 0.15) is 37.8 Å². The Morgan fingerprint density at radius 3 is 2.60 bits per heavy atom. The van der Waals surface area contributed by atoms with Gasteiger partial charge in [-0.15, -0.1) is 0 Å². The second-order valence-electron chi connectivity index (χ2n) is 8.21. The zero-order valence-electron chi connectivity index (χ0n) is 17.9. The van der Waals surface area contributed by atoms with E-state index in [1.807, 2.05) is 43.4 Å². The van der Waals surface area contributed by atoms with Gasteiger partial charge >= 0.3 is 0 Å². The van der Waals surface area contributed by atoms with Crippen molar-refractivity contribution in [2.24, 2.45) is 4.99 Å². The number of aromatic nitrogens is 1. The number of nitrogens with zero attached hydrogens (tertiary/aromatic N) is 3. The van der Waals surface area contributed by atoms with Crippen LogP contribution in [-0.4, -0.2) is 61.5 Å². The second kappa shape index (κ2) is 10.1. The summed E-state index contributed by atoms with van der Waals surface area (Å²) in [5, 5.41) is 11.2. The molecule has 30 heavy (non-hydrogen) atoms. The summed E-state index contributed by atoms with van der Waals surface area (Å²) in [4.78, 5) is 7.06. The number of morpholine rings is 1. The SMILES string of the molecule is CN=C(NCc1cc(-c2ccccc2)on1)NCC1(N2CCOCC2)CCCCC1. The Balaban J connectivity index is 1.33. The van der Waals surface area contributed by atoms with Crippen LogP contribution in [0, 0.1) is 0 Å². The van der Waals surface area contributed by atoms with Crippen LogP contribution < -0.4 is 10.6 Å². The first kappa shape index (κ1) is 20.9. The van der Waals surface area contributed by atoms with Gasteiger partial charge in [0.25, 0.3) is 0 Å². The van der Waals surface area contributed by atoms with Gasteiger partial charge < -0.3 is 19.9 Å². The van der Waals surface area contributed by atoms with E-state index < -0.39 is 0 Å². The van der Waals surface area contributed by atoms with E-state index in [1.54, 1.807) is 0 Å². The molecule has 1 aromatic carbocycles. The normalized spacial score (nSPS) is 20.1. The second-order valence-corrected chi connectivity index (χ2v) is 8.21. The molecular weight excluding hydrogens is 378 g/mol. The first-order chi connectivity index (χ1) is 14.8. The number of rotatable bonds is 6. The van der Waals surface area contributed by atoms with Crippen molar-refractivity contribution in [3.63, 3.8) is 0 Å². The lowest BCUT2D eigenvalue weighted by molar-refractivity contribution is -0.0352. The molecule has 2 aromatic rings. The molecule has 0 spiro atoms. The van der Waals surface area contributed by atoms with Crippen molar-refractivity contribution in [2.75, 3.05) is 39.9 Å². The number of guanidine groups is 1. The maximum absolute atomic E-state index is 5.59. The lowest BCUT2D eigenvalue weighted by Gasteiger charge is -2.48. The Kier molecular flexibility index (Phi) is 7.02. The lowest BCUT2D eigenvalue weighted by atomic mass is 9.80. The molecule has 0 unspecified atom stereocenters. The van der Waals surface area contributed by atoms with E-state index in [0.29, 0.717) is 6.54 Å². The van der Waals surface area contributed by atoms with E-state index in [9.17, 15) is 0 Å². The summed E-state index contributed by atoms with van der Waals surface area (Å²) in [6, 6.07) is 12.0. The number of hydrogen-bond donors (Lipinski definition) is 2. The molecule has 0 amide bonds. The molecule has 2 heterocycles. The van der Waals surface area contributed by atoms with Crippen molar-refractivity contribution in [1.82, 2.24) is 20.7 Å². The van der Waals surface area contributed by atoms with E-state index in [4.69, 9.17) is 9.26 Å². The molecule has 7 nitrogen and oxygen atoms in total. The van der Waals surface area contributed by atoms with Gasteiger partial charge in [0.05, 0.1) is 19.8 Å². The fraction of sp³-hybridized carbons (Fsp3) is 0.565. The van der Waals surface area contributed by atoms with E-state index in [0.717, 1.165) is 55.8 Å². The van der Waals surface area contributed by atoms with Crippen molar-refractivity contribution in [2.45, 2.75) is 44.2 Å². The minimum atomic E-state index is 0.202. The van der Waals surface area contributed by atoms with Gasteiger partial charge in [0, 0.05) is 43.9 Å². The molecule has 7 heteroatoms. The van der Waals surface area contributed by atoms with E-state index in [2.05, 4.69) is 25.7 Å². The van der Waals surface area contributed by atoms with Gasteiger partial charge in [-0.3, -0.25) is 9.89 Å². The zero-order valence-corrected chi connectivity index (χ0v) is 17.9. The number of benzene rings is 1. The molecule has 0 radical (unpaired) electrons. The Bertz CT molecular complexity index is 808. The molecule has 0 bridgehead atoms. The summed E-state index contributed by atoms with van der Waals surface area (Å²) in [6.45, 7) is 5.19. The van der Waals surface area contributed by atoms with Crippen molar-refractivity contribution >= 4 is 5.96 Å². The highest BCUT2D eigenvalue weighted by atomic mass is 16.5. The van der Waals surface area contributed by atoms with Gasteiger partial charge in [-0.05, 0) is 12.8 Å². The van der Waals surface area contributed by atoms with E-state index in [-0.39, 0.29) is 5.54 Å². The number of aliphatic imine (C=N–C) groups is 1. The number of ether oxygens (including phenoxy) is 1. The third-order valence-corrected chi connectivity index (χ3v) is 6.33. The Morgan fingerprint density at radius 2 is 1.87 bits per heavy atom. The maximum Gasteiger partial charge on any atom is 0.191 e. The third-order valence-electron chi connectivity index (χ3n) is 6.33. The molecule has 1 aliphatic carbocycles. The van der Waals surface area contributed by atoms with Gasteiger partial charge in [-0.25, -0.2) is 0 Å². The van der Waals surface area contributed by atoms with Crippen LogP contribution in [0.4, 0.5) is 0 Å². The first-order valence-electron chi connectivity index (χ1n) is 11.1. The molecule has 1 aliphatic heterocycles. The average Bonchev–Trinajstić information content (AvgIpc) is 3.30. The van der Waals surface area contributed by atoms with Gasteiger partial charge in [-0.1, -0.05) is 54.8 Å². The topological polar surface area (TPSA) is 74.9 Å². The zero-order chi connectivity index (χ0) is 20.7. The van der Waals surface area contributed by atoms with E-state index in [1.165, 1.54) is 32.1 Å². The molecule has 0 atom stereocenters. The van der Waals surface area contributed by atoms with Gasteiger partial charge in [0.15, 0.2) is 11.7 Å². The van der Waals surface area contributed by atoms with Crippen LogP contribution >= 0.6 is 0 Å². The summed E-state index contributed by atoms with van der Waals surface area (Å²) >= 11 is 0. The minimum absolute atomic E-state index is 0.202. The average molecular weight is 412 g/mol. The highest BCUT2D eigenvalue weighted by Gasteiger charge is 2.38. The summed E-state index contributed by atoms with van der Waals surface area (Å²) in [7, 11) is 1.82. The largest absolute Gasteiger partial charge is 0.379 e. The fourth-order valence-electron chi connectivity index (χ4n) is 4.63. The van der Waals surface area contributed by atoms with Crippen molar-refractivity contribution in [3.8, 4) is 11.3 Å². The van der Waals surface area contributed by atoms with E-state index >= 15 is 0 Å². The number of hydrogen-bond acceptors (Lipinski definition) is 5. The van der Waals surface area contributed by atoms with Crippen LogP contribution in [0.5, 0.6) is 0 Å². The fourth-order valence-corrected chi connectivity index (χ4v) is 4.63. The first-order valence-corrected chi connectivity index (χ1v) is 11.1. The molecule has 162 valence electrons. The van der Waals surface area contributed by atoms with Crippen LogP contribution in [0.3, 0.4) is 0 Å². The summed E-state index contributed by atoms with van der Waals surface area (Å²) < 4.78 is 11.1. The molecule has 2 fully saturated rings. The quantitative estimate of drug-likeness (QED) is 0.562. The molecule has 1 aromatic heterocycles. The Labute approximate surface area is 178 Å². The predicted octanol–water partition coefficient (Wildman–Crippen LogP) is 3.04. The molecule has 2 N–H and O–H groups in total. The van der Waals surface area contributed by atoms with Crippen LogP contribution in [0.2, 0.25) is 0 Å². The highest BCUT2D eigenvalue weighted by Crippen LogP contribution is 2.33. The van der Waals surface area contributed by atoms with Gasteiger partial charge in [-0.2, -0.15) is 0 Å². The smallest absolute Gasteiger partial charge is 0.191 e. The van der Waals surface area contributed by atoms with Crippen LogP contribution in [0.15, 0.2) is 45.9 Å². The monoisotopic (exact) mass is 411 g/mol. The van der Waals surface area contributed by atoms with Crippen LogP contribution in [0.25, 0.3) is 11.3 Å². The third kappa shape index (κ3) is 5.02. The van der Waals surface area contributed by atoms with Crippen molar-refractivity contribution in [3.05, 3.63) is 42.1 Å². The van der Waals surface area contributed by atoms with Crippen LogP contribution in [-0.2, 0) is 11.3 Å². The maximum atomic E-state index is 5.59. The van der Waals surface area contributed by atoms with Crippen molar-refractivity contribution in [1.29, 1.82) is 0 Å². The Morgan fingerprint density at radius 1 is 1.10 bits per heavy atom. The standard InChI is InChI=1S/C23H33N5O2/c1-24-22(25-17-20-16-21(30-27-20)19-8-4-2-5-9-19)26-18-23(10-6-3-7-11-23)28-12-14-29-15-13-28/h2,4-5,8-9,16H,3,6-7,10-15,17-18H2,1H3,(H2,24,25,26). The molecule has 2 aliphatic rings. The van der Waals surface area contributed by atoms with Gasteiger partial charge in [0.2, 0.25) is 0 Å². The van der Waals surface area contributed by atoms with Crippen molar-refractivity contribution < 1.29 is 9.26 Å².